The molecule has 0 aromatic heterocycles. The average molecular weight is 296 g/mol. The van der Waals surface area contributed by atoms with Crippen molar-refractivity contribution in [1.82, 2.24) is 5.32 Å². The summed E-state index contributed by atoms with van der Waals surface area (Å²) < 4.78 is 11.0. The van der Waals surface area contributed by atoms with Crippen LogP contribution in [-0.4, -0.2) is 44.9 Å². The van der Waals surface area contributed by atoms with Crippen molar-refractivity contribution in [3.05, 3.63) is 0 Å². The molecule has 1 aliphatic rings. The maximum atomic E-state index is 11.6. The molecule has 0 bridgehead atoms. The molecule has 3 N–H and O–H groups in total. The zero-order valence-electron chi connectivity index (χ0n) is 13.0. The Morgan fingerprint density at radius 2 is 2.29 bits per heavy atom. The van der Waals surface area contributed by atoms with Crippen LogP contribution < -0.4 is 11.1 Å². The Morgan fingerprint density at radius 1 is 1.43 bits per heavy atom. The lowest BCUT2D eigenvalue weighted by Crippen LogP contribution is -2.32. The summed E-state index contributed by atoms with van der Waals surface area (Å²) in [7, 11) is 0. The van der Waals surface area contributed by atoms with Crippen molar-refractivity contribution in [1.29, 1.82) is 0 Å². The first-order valence-corrected chi connectivity index (χ1v) is 7.87. The van der Waals surface area contributed by atoms with Crippen LogP contribution in [0.3, 0.4) is 0 Å². The van der Waals surface area contributed by atoms with Crippen LogP contribution in [-0.2, 0) is 14.3 Å². The van der Waals surface area contributed by atoms with Crippen molar-refractivity contribution < 1.29 is 14.3 Å². The molecule has 5 heteroatoms. The van der Waals surface area contributed by atoms with Gasteiger partial charge in [-0.3, -0.25) is 4.79 Å². The van der Waals surface area contributed by atoms with Gasteiger partial charge in [-0.05, 0) is 31.7 Å². The maximum absolute atomic E-state index is 11.6. The van der Waals surface area contributed by atoms with Gasteiger partial charge in [-0.15, -0.1) is 5.92 Å². The van der Waals surface area contributed by atoms with Gasteiger partial charge in [-0.2, -0.15) is 0 Å². The summed E-state index contributed by atoms with van der Waals surface area (Å²) in [6, 6.07) is 0. The summed E-state index contributed by atoms with van der Waals surface area (Å²) in [4.78, 5) is 11.6. The van der Waals surface area contributed by atoms with Crippen LogP contribution in [0.4, 0.5) is 0 Å². The molecule has 2 atom stereocenters. The topological polar surface area (TPSA) is 73.6 Å². The molecule has 2 unspecified atom stereocenters. The third-order valence-electron chi connectivity index (χ3n) is 3.32. The van der Waals surface area contributed by atoms with Crippen LogP contribution in [0.5, 0.6) is 0 Å². The highest BCUT2D eigenvalue weighted by molar-refractivity contribution is 5.77. The molecule has 0 saturated carbocycles. The largest absolute Gasteiger partial charge is 0.379 e. The second-order valence-electron chi connectivity index (χ2n) is 5.49. The number of carbonyl (C=O) groups excluding carboxylic acids is 1. The van der Waals surface area contributed by atoms with Gasteiger partial charge in [0.25, 0.3) is 0 Å². The van der Waals surface area contributed by atoms with Crippen molar-refractivity contribution in [3.63, 3.8) is 0 Å². The maximum Gasteiger partial charge on any atom is 0.246 e. The quantitative estimate of drug-likeness (QED) is 0.493. The molecule has 120 valence electrons. The van der Waals surface area contributed by atoms with Crippen molar-refractivity contribution in [2.75, 3.05) is 32.9 Å². The van der Waals surface area contributed by atoms with Crippen LogP contribution in [0.15, 0.2) is 0 Å². The van der Waals surface area contributed by atoms with E-state index >= 15 is 0 Å². The Kier molecular flexibility index (Phi) is 9.88. The number of nitrogens with one attached hydrogen (secondary N) is 1. The monoisotopic (exact) mass is 296 g/mol. The zero-order chi connectivity index (χ0) is 15.3. The van der Waals surface area contributed by atoms with Gasteiger partial charge in [0.15, 0.2) is 0 Å². The fourth-order valence-electron chi connectivity index (χ4n) is 1.95. The summed E-state index contributed by atoms with van der Waals surface area (Å²) in [6.07, 6.45) is 5.24. The Bertz CT molecular complexity index is 349. The van der Waals surface area contributed by atoms with Gasteiger partial charge in [-0.1, -0.05) is 19.3 Å². The number of carbonyl (C=O) groups is 1. The molecule has 5 nitrogen and oxygen atoms in total. The summed E-state index contributed by atoms with van der Waals surface area (Å²) in [5.74, 6) is 6.42. The van der Waals surface area contributed by atoms with Crippen LogP contribution >= 0.6 is 0 Å². The van der Waals surface area contributed by atoms with E-state index in [4.69, 9.17) is 15.2 Å². The van der Waals surface area contributed by atoms with E-state index in [1.807, 2.05) is 6.92 Å². The summed E-state index contributed by atoms with van der Waals surface area (Å²) in [5.41, 5.74) is 5.49. The third-order valence-corrected chi connectivity index (χ3v) is 3.32. The van der Waals surface area contributed by atoms with Crippen LogP contribution in [0, 0.1) is 17.8 Å². The van der Waals surface area contributed by atoms with Gasteiger partial charge in [-0.25, -0.2) is 0 Å². The van der Waals surface area contributed by atoms with Crippen molar-refractivity contribution in [3.8, 4) is 11.8 Å². The lowest BCUT2D eigenvalue weighted by Gasteiger charge is -2.14. The fourth-order valence-corrected chi connectivity index (χ4v) is 1.95. The number of hydrogen-bond donors (Lipinski definition) is 2. The number of rotatable bonds is 9. The van der Waals surface area contributed by atoms with E-state index in [1.54, 1.807) is 0 Å². The van der Waals surface area contributed by atoms with Crippen LogP contribution in [0.25, 0.3) is 0 Å². The van der Waals surface area contributed by atoms with Crippen molar-refractivity contribution in [2.24, 2.45) is 11.7 Å². The van der Waals surface area contributed by atoms with E-state index in [0.717, 1.165) is 19.3 Å². The number of amides is 1. The first-order valence-electron chi connectivity index (χ1n) is 7.87. The molecule has 0 aliphatic heterocycles. The zero-order valence-corrected chi connectivity index (χ0v) is 13.0. The first-order chi connectivity index (χ1) is 10.2. The molecular weight excluding hydrogens is 268 g/mol. The molecule has 1 rings (SSSR count). The fraction of sp³-hybridized carbons (Fsp3) is 0.812. The molecule has 1 amide bonds. The van der Waals surface area contributed by atoms with E-state index in [2.05, 4.69) is 17.2 Å². The lowest BCUT2D eigenvalue weighted by atomic mass is 10.1. The van der Waals surface area contributed by atoms with Crippen molar-refractivity contribution >= 4 is 5.91 Å². The minimum Gasteiger partial charge on any atom is -0.379 e. The van der Waals surface area contributed by atoms with Gasteiger partial charge in [0, 0.05) is 13.0 Å². The van der Waals surface area contributed by atoms with Crippen LogP contribution in [0.1, 0.15) is 39.0 Å². The Morgan fingerprint density at radius 3 is 3.10 bits per heavy atom. The lowest BCUT2D eigenvalue weighted by molar-refractivity contribution is -0.127. The molecule has 0 saturated heterocycles. The van der Waals surface area contributed by atoms with E-state index in [-0.39, 0.29) is 18.6 Å². The molecular formula is C16H28N2O3. The highest BCUT2D eigenvalue weighted by Crippen LogP contribution is 2.10. The Hall–Kier alpha value is -1.09. The Labute approximate surface area is 127 Å². The second-order valence-corrected chi connectivity index (χ2v) is 5.49. The Balaban J connectivity index is 2.05. The smallest absolute Gasteiger partial charge is 0.246 e. The summed E-state index contributed by atoms with van der Waals surface area (Å²) in [5, 5.41) is 2.77. The van der Waals surface area contributed by atoms with E-state index < -0.39 is 0 Å². The minimum absolute atomic E-state index is 0.0680. The second kappa shape index (κ2) is 11.6. The average Bonchev–Trinajstić information content (AvgIpc) is 2.45. The molecule has 0 aromatic carbocycles. The summed E-state index contributed by atoms with van der Waals surface area (Å²) >= 11 is 0. The SMILES string of the molecule is CC(CN)COCCNC(=O)COC1C#CCCCCC1. The van der Waals surface area contributed by atoms with Gasteiger partial charge in [0.2, 0.25) is 5.91 Å². The van der Waals surface area contributed by atoms with Gasteiger partial charge in [0.05, 0.1) is 13.2 Å². The minimum atomic E-state index is -0.116. The van der Waals surface area contributed by atoms with E-state index in [0.29, 0.717) is 32.2 Å². The number of hydrogen-bond acceptors (Lipinski definition) is 4. The van der Waals surface area contributed by atoms with Crippen LogP contribution in [0.2, 0.25) is 0 Å². The predicted octanol–water partition coefficient (Wildman–Crippen LogP) is 1.07. The summed E-state index contributed by atoms with van der Waals surface area (Å²) in [6.45, 7) is 4.33. The van der Waals surface area contributed by atoms with Gasteiger partial charge >= 0.3 is 0 Å². The molecule has 0 radical (unpaired) electrons. The van der Waals surface area contributed by atoms with E-state index in [1.165, 1.54) is 12.8 Å². The first kappa shape index (κ1) is 18.0. The molecule has 0 fully saturated rings. The molecule has 0 heterocycles. The third kappa shape index (κ3) is 9.46. The highest BCUT2D eigenvalue weighted by Gasteiger charge is 2.10. The van der Waals surface area contributed by atoms with Gasteiger partial charge < -0.3 is 20.5 Å². The standard InChI is InChI=1S/C16H28N2O3/c1-14(11-17)12-20-10-9-18-16(19)13-21-15-7-5-3-2-4-6-8-15/h14-15H,2-5,7,9-13,17H2,1H3,(H,18,19). The van der Waals surface area contributed by atoms with Gasteiger partial charge in [0.1, 0.15) is 12.7 Å². The molecule has 21 heavy (non-hydrogen) atoms. The number of ether oxygens (including phenoxy) is 2. The normalized spacial score (nSPS) is 19.8. The molecule has 1 aliphatic carbocycles. The van der Waals surface area contributed by atoms with Crippen molar-refractivity contribution in [2.45, 2.75) is 45.1 Å². The highest BCUT2D eigenvalue weighted by atomic mass is 16.5. The number of nitrogens with two attached hydrogens (primary N) is 1. The molecule has 0 spiro atoms. The van der Waals surface area contributed by atoms with E-state index in [9.17, 15) is 4.79 Å². The predicted molar refractivity (Wildman–Crippen MR) is 82.6 cm³/mol. The molecule has 0 aromatic rings.